The molecule has 1 aliphatic rings. The minimum atomic E-state index is -5.12. The number of anilines is 1. The molecular formula is C22H19F9N2O2. The summed E-state index contributed by atoms with van der Waals surface area (Å²) in [6.07, 6.45) is -17.9. The second-order valence-corrected chi connectivity index (χ2v) is 7.87. The number of amides is 1. The molecule has 3 rings (SSSR count). The normalized spacial score (nSPS) is 20.6. The number of alkyl halides is 9. The van der Waals surface area contributed by atoms with Crippen LogP contribution in [0.25, 0.3) is 0 Å². The largest absolute Gasteiger partial charge is 0.465 e. The summed E-state index contributed by atoms with van der Waals surface area (Å²) in [6, 6.07) is 0.329. The van der Waals surface area contributed by atoms with E-state index >= 15 is 0 Å². The van der Waals surface area contributed by atoms with Gasteiger partial charge in [-0.2, -0.15) is 39.5 Å². The number of carboxylic acid groups (broad SMARTS) is 1. The zero-order valence-electron chi connectivity index (χ0n) is 20.4. The standard InChI is InChI=1S/C22H19F9N2O2/c1-2-15-9-17(16-8-12(20(23,24)25)3-4-18(16)33(15)19(34)35)32-10-11-5-13(21(26,27)28)7-14(6-11)22(29,30)31/h3-8,15,17,32H,2,9-10H2,1H3,(H,34,35)/i1D3. The fraction of sp³-hybridized carbons (Fsp3) is 0.409. The topological polar surface area (TPSA) is 52.6 Å². The lowest BCUT2D eigenvalue weighted by atomic mass is 9.88. The molecule has 1 heterocycles. The fourth-order valence-electron chi connectivity index (χ4n) is 3.92. The van der Waals surface area contributed by atoms with Crippen molar-refractivity contribution in [2.45, 2.75) is 56.9 Å². The van der Waals surface area contributed by atoms with Crippen LogP contribution in [0.2, 0.25) is 0 Å². The van der Waals surface area contributed by atoms with E-state index in [1.807, 2.05) is 0 Å². The van der Waals surface area contributed by atoms with Gasteiger partial charge in [0.05, 0.1) is 22.4 Å². The Morgan fingerprint density at radius 3 is 2.03 bits per heavy atom. The molecule has 2 unspecified atom stereocenters. The van der Waals surface area contributed by atoms with Crippen LogP contribution in [-0.4, -0.2) is 17.2 Å². The minimum Gasteiger partial charge on any atom is -0.465 e. The van der Waals surface area contributed by atoms with Crippen molar-refractivity contribution in [1.82, 2.24) is 5.32 Å². The van der Waals surface area contributed by atoms with Crippen molar-refractivity contribution in [3.05, 3.63) is 64.2 Å². The van der Waals surface area contributed by atoms with Crippen molar-refractivity contribution in [3.63, 3.8) is 0 Å². The Kier molecular flexibility index (Phi) is 5.94. The Bertz CT molecular complexity index is 1160. The molecule has 4 nitrogen and oxygen atoms in total. The van der Waals surface area contributed by atoms with Crippen LogP contribution >= 0.6 is 0 Å². The van der Waals surface area contributed by atoms with E-state index in [1.165, 1.54) is 0 Å². The lowest BCUT2D eigenvalue weighted by Crippen LogP contribution is -2.46. The van der Waals surface area contributed by atoms with Crippen molar-refractivity contribution in [2.24, 2.45) is 0 Å². The van der Waals surface area contributed by atoms with E-state index in [-0.39, 0.29) is 17.3 Å². The Morgan fingerprint density at radius 2 is 1.54 bits per heavy atom. The van der Waals surface area contributed by atoms with Gasteiger partial charge in [-0.3, -0.25) is 4.90 Å². The van der Waals surface area contributed by atoms with E-state index in [0.717, 1.165) is 6.07 Å². The van der Waals surface area contributed by atoms with Gasteiger partial charge in [0.2, 0.25) is 0 Å². The van der Waals surface area contributed by atoms with Crippen molar-refractivity contribution in [2.75, 3.05) is 4.90 Å². The number of carbonyl (C=O) groups is 1. The molecule has 1 amide bonds. The Balaban J connectivity index is 2.06. The van der Waals surface area contributed by atoms with Gasteiger partial charge in [0.1, 0.15) is 0 Å². The maximum atomic E-state index is 13.4. The lowest BCUT2D eigenvalue weighted by Gasteiger charge is -2.39. The van der Waals surface area contributed by atoms with Gasteiger partial charge >= 0.3 is 24.6 Å². The first-order valence-electron chi connectivity index (χ1n) is 11.4. The average molecular weight is 517 g/mol. The summed E-state index contributed by atoms with van der Waals surface area (Å²) in [7, 11) is 0. The highest BCUT2D eigenvalue weighted by Gasteiger charge is 2.39. The monoisotopic (exact) mass is 517 g/mol. The van der Waals surface area contributed by atoms with Gasteiger partial charge in [0, 0.05) is 22.7 Å². The lowest BCUT2D eigenvalue weighted by molar-refractivity contribution is -0.143. The number of halogens is 9. The Morgan fingerprint density at radius 1 is 0.971 bits per heavy atom. The summed E-state index contributed by atoms with van der Waals surface area (Å²) in [5.74, 6) is 0. The molecule has 0 saturated heterocycles. The van der Waals surface area contributed by atoms with Gasteiger partial charge in [-0.15, -0.1) is 0 Å². The average Bonchev–Trinajstić information content (AvgIpc) is 2.73. The van der Waals surface area contributed by atoms with Gasteiger partial charge in [-0.25, -0.2) is 4.79 Å². The third-order valence-electron chi connectivity index (χ3n) is 5.50. The van der Waals surface area contributed by atoms with E-state index in [9.17, 15) is 49.4 Å². The molecule has 0 fully saturated rings. The predicted molar refractivity (Wildman–Crippen MR) is 107 cm³/mol. The first-order valence-corrected chi connectivity index (χ1v) is 9.92. The summed E-state index contributed by atoms with van der Waals surface area (Å²) in [4.78, 5) is 12.5. The molecule has 2 N–H and O–H groups in total. The number of hydrogen-bond acceptors (Lipinski definition) is 2. The highest BCUT2D eigenvalue weighted by Crippen LogP contribution is 2.42. The molecule has 192 valence electrons. The first-order chi connectivity index (χ1) is 17.2. The summed E-state index contributed by atoms with van der Waals surface area (Å²) in [5, 5.41) is 12.3. The molecule has 0 radical (unpaired) electrons. The van der Waals surface area contributed by atoms with Crippen LogP contribution in [-0.2, 0) is 25.1 Å². The van der Waals surface area contributed by atoms with Crippen LogP contribution in [0.5, 0.6) is 0 Å². The number of rotatable bonds is 4. The van der Waals surface area contributed by atoms with E-state index in [2.05, 4.69) is 5.32 Å². The van der Waals surface area contributed by atoms with Gasteiger partial charge < -0.3 is 10.4 Å². The fourth-order valence-corrected chi connectivity index (χ4v) is 3.92. The van der Waals surface area contributed by atoms with Gasteiger partial charge in [0.15, 0.2) is 0 Å². The molecule has 35 heavy (non-hydrogen) atoms. The van der Waals surface area contributed by atoms with Crippen molar-refractivity contribution >= 4 is 11.8 Å². The second kappa shape index (κ2) is 9.25. The second-order valence-electron chi connectivity index (χ2n) is 7.87. The highest BCUT2D eigenvalue weighted by molar-refractivity contribution is 5.89. The summed E-state index contributed by atoms with van der Waals surface area (Å²) in [5.41, 5.74) is -5.40. The number of nitrogens with one attached hydrogen (secondary N) is 1. The molecule has 2 atom stereocenters. The van der Waals surface area contributed by atoms with E-state index in [1.54, 1.807) is 0 Å². The zero-order valence-corrected chi connectivity index (χ0v) is 17.4. The third-order valence-corrected chi connectivity index (χ3v) is 5.50. The number of nitrogens with zero attached hydrogens (tertiary/aromatic N) is 1. The number of benzene rings is 2. The van der Waals surface area contributed by atoms with Gasteiger partial charge in [-0.1, -0.05) is 6.85 Å². The molecule has 2 aromatic rings. The van der Waals surface area contributed by atoms with Crippen molar-refractivity contribution in [3.8, 4) is 0 Å². The molecule has 0 spiro atoms. The Hall–Kier alpha value is -2.96. The molecule has 2 aromatic carbocycles. The minimum absolute atomic E-state index is 0.0773. The summed E-state index contributed by atoms with van der Waals surface area (Å²) in [6.45, 7) is -3.34. The van der Waals surface area contributed by atoms with E-state index < -0.39 is 85.2 Å². The summed E-state index contributed by atoms with van der Waals surface area (Å²) < 4.78 is 142. The number of fused-ring (bicyclic) bond motifs is 1. The first kappa shape index (κ1) is 22.5. The predicted octanol–water partition coefficient (Wildman–Crippen LogP) is 7.24. The number of hydrogen-bond donors (Lipinski definition) is 2. The maximum absolute atomic E-state index is 13.4. The van der Waals surface area contributed by atoms with E-state index in [4.69, 9.17) is 4.11 Å². The molecule has 0 bridgehead atoms. The third kappa shape index (κ3) is 5.82. The van der Waals surface area contributed by atoms with Crippen molar-refractivity contribution < 1.29 is 53.5 Å². The molecule has 0 aromatic heterocycles. The molecule has 13 heteroatoms. The van der Waals surface area contributed by atoms with E-state index in [0.29, 0.717) is 29.2 Å². The molecule has 0 saturated carbocycles. The van der Waals surface area contributed by atoms with Gasteiger partial charge in [0.25, 0.3) is 0 Å². The molecular weight excluding hydrogens is 495 g/mol. The van der Waals surface area contributed by atoms with Crippen LogP contribution in [0.4, 0.5) is 50.0 Å². The maximum Gasteiger partial charge on any atom is 0.416 e. The SMILES string of the molecule is [2H]C([2H])([2H])CC1CC(NCc2cc(C(F)(F)F)cc(C(F)(F)F)c2)c2cc(C(F)(F)F)ccc2N1C(=O)O. The van der Waals surface area contributed by atoms with Crippen LogP contribution in [0.15, 0.2) is 36.4 Å². The van der Waals surface area contributed by atoms with Crippen LogP contribution in [0.1, 0.15) is 57.7 Å². The van der Waals surface area contributed by atoms with Crippen molar-refractivity contribution in [1.29, 1.82) is 0 Å². The smallest absolute Gasteiger partial charge is 0.416 e. The zero-order chi connectivity index (χ0) is 28.8. The van der Waals surface area contributed by atoms with Gasteiger partial charge in [-0.05, 0) is 60.4 Å². The Labute approximate surface area is 197 Å². The summed E-state index contributed by atoms with van der Waals surface area (Å²) >= 11 is 0. The molecule has 0 aliphatic carbocycles. The molecule has 1 aliphatic heterocycles. The quantitative estimate of drug-likeness (QED) is 0.421. The van der Waals surface area contributed by atoms with Crippen LogP contribution < -0.4 is 10.2 Å². The van der Waals surface area contributed by atoms with Crippen LogP contribution in [0, 0.1) is 0 Å². The highest BCUT2D eigenvalue weighted by atomic mass is 19.4. The van der Waals surface area contributed by atoms with Crippen LogP contribution in [0.3, 0.4) is 0 Å².